The summed E-state index contributed by atoms with van der Waals surface area (Å²) in [5, 5.41) is 0. The molecule has 0 fully saturated rings. The molecule has 4 aromatic rings. The fraction of sp³-hybridized carbons (Fsp3) is 0.417. The van der Waals surface area contributed by atoms with Crippen LogP contribution in [0.4, 0.5) is 0 Å². The fourth-order valence-corrected chi connectivity index (χ4v) is 5.86. The van der Waals surface area contributed by atoms with Gasteiger partial charge in [-0.15, -0.1) is 0 Å². The Kier molecular flexibility index (Phi) is 27.6. The van der Waals surface area contributed by atoms with Gasteiger partial charge in [0.2, 0.25) is 0 Å². The van der Waals surface area contributed by atoms with Gasteiger partial charge < -0.3 is 79.8 Å². The van der Waals surface area contributed by atoms with Crippen molar-refractivity contribution < 1.29 is 76.0 Å². The van der Waals surface area contributed by atoms with Crippen LogP contribution in [0.2, 0.25) is 0 Å². The van der Waals surface area contributed by atoms with Gasteiger partial charge in [0.1, 0.15) is 0 Å². The second-order valence-electron chi connectivity index (χ2n) is 14.0. The van der Waals surface area contributed by atoms with E-state index < -0.39 is 24.2 Å². The lowest BCUT2D eigenvalue weighted by Crippen LogP contribution is -2.16. The number of carbonyl (C=O) groups excluding carboxylic acids is 4. The summed E-state index contributed by atoms with van der Waals surface area (Å²) in [6.07, 6.45) is 0.524. The van der Waals surface area contributed by atoms with Crippen LogP contribution >= 0.6 is 0 Å². The molecule has 0 aromatic heterocycles. The average molecular weight is 957 g/mol. The van der Waals surface area contributed by atoms with Gasteiger partial charge in [0.25, 0.3) is 0 Å². The summed E-state index contributed by atoms with van der Waals surface area (Å²) in [5.74, 6) is 3.50. The fourth-order valence-electron chi connectivity index (χ4n) is 5.86. The Morgan fingerprint density at radius 3 is 0.603 bits per heavy atom. The van der Waals surface area contributed by atoms with Crippen molar-refractivity contribution in [3.63, 3.8) is 0 Å². The molecule has 376 valence electrons. The zero-order valence-electron chi connectivity index (χ0n) is 40.9. The minimum atomic E-state index is -0.415. The summed E-state index contributed by atoms with van der Waals surface area (Å²) in [6.45, 7) is 0. The lowest BCUT2D eigenvalue weighted by atomic mass is 10.0. The molecule has 0 saturated heterocycles. The summed E-state index contributed by atoms with van der Waals surface area (Å²) in [5.41, 5.74) is 26.8. The third-order valence-electron chi connectivity index (χ3n) is 9.80. The molecule has 4 atom stereocenters. The van der Waals surface area contributed by atoms with Gasteiger partial charge >= 0.3 is 23.9 Å². The number of esters is 4. The van der Waals surface area contributed by atoms with Gasteiger partial charge in [0, 0.05) is 24.2 Å². The molecule has 0 saturated carbocycles. The Balaban J connectivity index is 0.000000453. The number of methoxy groups -OCH3 is 12. The van der Waals surface area contributed by atoms with Crippen LogP contribution in [0.5, 0.6) is 46.0 Å². The minimum Gasteiger partial charge on any atom is -0.493 e. The van der Waals surface area contributed by atoms with E-state index in [4.69, 9.17) is 60.8 Å². The smallest absolute Gasteiger partial charge is 0.307 e. The number of carbonyl (C=O) groups is 4. The standard InChI is InChI=1S/4C12H17NO4/c4*1-15-10-5-4-8(6-11(10)16-2)9(13)7-12(14)17-3/h4*4-6,9H,7,13H2,1-3H3/t4*9-/m1100/s1. The van der Waals surface area contributed by atoms with E-state index in [1.54, 1.807) is 130 Å². The second-order valence-corrected chi connectivity index (χ2v) is 14.0. The molecular formula is C48H68N4O16. The lowest BCUT2D eigenvalue weighted by Gasteiger charge is -2.13. The van der Waals surface area contributed by atoms with Gasteiger partial charge in [-0.3, -0.25) is 19.2 Å². The predicted octanol–water partition coefficient (Wildman–Crippen LogP) is 5.07. The summed E-state index contributed by atoms with van der Waals surface area (Å²) in [4.78, 5) is 44.5. The third kappa shape index (κ3) is 19.5. The maximum absolute atomic E-state index is 11.1. The molecule has 0 amide bonds. The molecule has 8 N–H and O–H groups in total. The molecule has 0 heterocycles. The van der Waals surface area contributed by atoms with Gasteiger partial charge in [0.15, 0.2) is 46.0 Å². The highest BCUT2D eigenvalue weighted by Gasteiger charge is 2.18. The molecule has 20 heteroatoms. The van der Waals surface area contributed by atoms with Crippen LogP contribution in [0.1, 0.15) is 72.1 Å². The van der Waals surface area contributed by atoms with Crippen molar-refractivity contribution in [2.24, 2.45) is 22.9 Å². The first kappa shape index (κ1) is 59.0. The molecule has 0 spiro atoms. The number of nitrogens with two attached hydrogens (primary N) is 4. The van der Waals surface area contributed by atoms with Crippen LogP contribution in [0, 0.1) is 0 Å². The van der Waals surface area contributed by atoms with Gasteiger partial charge in [-0.1, -0.05) is 24.3 Å². The van der Waals surface area contributed by atoms with Crippen LogP contribution in [-0.2, 0) is 38.1 Å². The average Bonchev–Trinajstić information content (AvgIpc) is 3.37. The van der Waals surface area contributed by atoms with Crippen LogP contribution in [0.25, 0.3) is 0 Å². The summed E-state index contributed by atoms with van der Waals surface area (Å²) in [6, 6.07) is 19.6. The third-order valence-corrected chi connectivity index (χ3v) is 9.80. The number of ether oxygens (including phenoxy) is 12. The largest absolute Gasteiger partial charge is 0.493 e. The highest BCUT2D eigenvalue weighted by molar-refractivity contribution is 5.71. The van der Waals surface area contributed by atoms with E-state index in [0.29, 0.717) is 46.0 Å². The molecule has 0 aliphatic heterocycles. The second kappa shape index (κ2) is 31.8. The van der Waals surface area contributed by atoms with E-state index in [1.165, 1.54) is 28.4 Å². The van der Waals surface area contributed by atoms with Crippen molar-refractivity contribution in [3.8, 4) is 46.0 Å². The molecule has 4 rings (SSSR count). The first-order chi connectivity index (χ1) is 32.5. The molecule has 0 bridgehead atoms. The van der Waals surface area contributed by atoms with Crippen LogP contribution < -0.4 is 60.8 Å². The first-order valence-electron chi connectivity index (χ1n) is 20.7. The maximum atomic E-state index is 11.1. The summed E-state index contributed by atoms with van der Waals surface area (Å²) >= 11 is 0. The van der Waals surface area contributed by atoms with E-state index >= 15 is 0 Å². The van der Waals surface area contributed by atoms with Crippen LogP contribution in [0.3, 0.4) is 0 Å². The zero-order chi connectivity index (χ0) is 51.3. The van der Waals surface area contributed by atoms with Crippen molar-refractivity contribution in [2.75, 3.05) is 85.3 Å². The van der Waals surface area contributed by atoms with Gasteiger partial charge in [-0.05, 0) is 70.8 Å². The van der Waals surface area contributed by atoms with Crippen molar-refractivity contribution in [1.29, 1.82) is 0 Å². The number of rotatable bonds is 20. The van der Waals surface area contributed by atoms with E-state index in [2.05, 4.69) is 18.9 Å². The van der Waals surface area contributed by atoms with Crippen LogP contribution in [-0.4, -0.2) is 109 Å². The normalized spacial score (nSPS) is 11.8. The predicted molar refractivity (Wildman–Crippen MR) is 252 cm³/mol. The van der Waals surface area contributed by atoms with E-state index in [9.17, 15) is 19.2 Å². The molecule has 0 unspecified atom stereocenters. The molecule has 20 nitrogen and oxygen atoms in total. The van der Waals surface area contributed by atoms with E-state index in [0.717, 1.165) is 22.3 Å². The Hall–Kier alpha value is -7.00. The zero-order valence-corrected chi connectivity index (χ0v) is 40.9. The SMILES string of the molecule is COC(=O)C[C@@H](N)c1ccc(OC)c(OC)c1.COC(=O)C[C@@H](N)c1ccc(OC)c(OC)c1.COC(=O)C[C@H](N)c1ccc(OC)c(OC)c1.COC(=O)C[C@H](N)c1ccc(OC)c(OC)c1. The monoisotopic (exact) mass is 956 g/mol. The first-order valence-corrected chi connectivity index (χ1v) is 20.7. The molecule has 0 aliphatic rings. The van der Waals surface area contributed by atoms with Gasteiger partial charge in [0.05, 0.1) is 111 Å². The number of hydrogen-bond acceptors (Lipinski definition) is 20. The Morgan fingerprint density at radius 2 is 0.471 bits per heavy atom. The Labute approximate surface area is 398 Å². The topological polar surface area (TPSA) is 283 Å². The highest BCUT2D eigenvalue weighted by atomic mass is 16.5. The van der Waals surface area contributed by atoms with Crippen molar-refractivity contribution in [1.82, 2.24) is 0 Å². The van der Waals surface area contributed by atoms with Crippen molar-refractivity contribution in [3.05, 3.63) is 95.1 Å². The molecular weight excluding hydrogens is 889 g/mol. The number of benzene rings is 4. The Bertz CT molecular complexity index is 1870. The van der Waals surface area contributed by atoms with Crippen molar-refractivity contribution >= 4 is 23.9 Å². The maximum Gasteiger partial charge on any atom is 0.307 e. The van der Waals surface area contributed by atoms with Gasteiger partial charge in [-0.2, -0.15) is 0 Å². The molecule has 68 heavy (non-hydrogen) atoms. The summed E-state index contributed by atoms with van der Waals surface area (Å²) < 4.78 is 59.4. The molecule has 0 radical (unpaired) electrons. The van der Waals surface area contributed by atoms with Gasteiger partial charge in [-0.25, -0.2) is 0 Å². The highest BCUT2D eigenvalue weighted by Crippen LogP contribution is 2.33. The van der Waals surface area contributed by atoms with Crippen molar-refractivity contribution in [2.45, 2.75) is 49.9 Å². The van der Waals surface area contributed by atoms with Crippen LogP contribution in [0.15, 0.2) is 72.8 Å². The van der Waals surface area contributed by atoms with E-state index in [-0.39, 0.29) is 49.6 Å². The Morgan fingerprint density at radius 1 is 0.309 bits per heavy atom. The minimum absolute atomic E-state index is 0.131. The lowest BCUT2D eigenvalue weighted by molar-refractivity contribution is -0.141. The quantitative estimate of drug-likeness (QED) is 0.0665. The summed E-state index contributed by atoms with van der Waals surface area (Å²) in [7, 11) is 17.8. The number of hydrogen-bond donors (Lipinski definition) is 4. The molecule has 4 aromatic carbocycles. The van der Waals surface area contributed by atoms with E-state index in [1.807, 2.05) is 0 Å². The molecule has 0 aliphatic carbocycles.